The van der Waals surface area contributed by atoms with E-state index in [4.69, 9.17) is 4.74 Å². The predicted octanol–water partition coefficient (Wildman–Crippen LogP) is 0.848. The van der Waals surface area contributed by atoms with Crippen molar-refractivity contribution in [1.82, 2.24) is 10.2 Å². The Hall–Kier alpha value is -0.120. The zero-order chi connectivity index (χ0) is 10.3. The largest absolute Gasteiger partial charge is 0.381 e. The standard InChI is InChI=1S/C12H22N2O/c1-15-11-5-10(6-11)14-7-9-3-2-4-13-12(9)8-14/h9-13H,2-8H2,1H3/t9-,10?,11?,12+/m0/s1. The third kappa shape index (κ3) is 1.81. The van der Waals surface area contributed by atoms with Crippen molar-refractivity contribution in [3.8, 4) is 0 Å². The number of ether oxygens (including phenoxy) is 1. The third-order valence-electron chi connectivity index (χ3n) is 4.55. The highest BCUT2D eigenvalue weighted by atomic mass is 16.5. The summed E-state index contributed by atoms with van der Waals surface area (Å²) in [5.41, 5.74) is 0. The van der Waals surface area contributed by atoms with Gasteiger partial charge >= 0.3 is 0 Å². The number of rotatable bonds is 2. The molecule has 1 N–H and O–H groups in total. The number of methoxy groups -OCH3 is 1. The summed E-state index contributed by atoms with van der Waals surface area (Å²) in [6.45, 7) is 3.85. The van der Waals surface area contributed by atoms with Crippen molar-refractivity contribution in [1.29, 1.82) is 0 Å². The molecule has 3 nitrogen and oxygen atoms in total. The first-order chi connectivity index (χ1) is 7.36. The molecular formula is C12H22N2O. The van der Waals surface area contributed by atoms with Crippen LogP contribution in [0.1, 0.15) is 25.7 Å². The van der Waals surface area contributed by atoms with Crippen LogP contribution in [-0.4, -0.2) is 49.8 Å². The van der Waals surface area contributed by atoms with E-state index in [1.165, 1.54) is 45.3 Å². The van der Waals surface area contributed by atoms with E-state index in [0.717, 1.165) is 18.0 Å². The summed E-state index contributed by atoms with van der Waals surface area (Å²) in [6.07, 6.45) is 5.88. The topological polar surface area (TPSA) is 24.5 Å². The molecule has 86 valence electrons. The predicted molar refractivity (Wildman–Crippen MR) is 59.9 cm³/mol. The second-order valence-electron chi connectivity index (χ2n) is 5.40. The van der Waals surface area contributed by atoms with Gasteiger partial charge in [-0.15, -0.1) is 0 Å². The fourth-order valence-electron chi connectivity index (χ4n) is 3.41. The van der Waals surface area contributed by atoms with E-state index in [0.29, 0.717) is 6.10 Å². The van der Waals surface area contributed by atoms with Crippen molar-refractivity contribution in [2.45, 2.75) is 43.9 Å². The second kappa shape index (κ2) is 4.04. The van der Waals surface area contributed by atoms with Gasteiger partial charge in [0.05, 0.1) is 6.10 Å². The van der Waals surface area contributed by atoms with Crippen LogP contribution in [0.15, 0.2) is 0 Å². The van der Waals surface area contributed by atoms with Crippen LogP contribution in [0.3, 0.4) is 0 Å². The Kier molecular flexibility index (Phi) is 2.71. The Morgan fingerprint density at radius 1 is 1.27 bits per heavy atom. The SMILES string of the molecule is COC1CC(N2C[C@@H]3CCCN[C@@H]3C2)C1. The Morgan fingerprint density at radius 3 is 2.87 bits per heavy atom. The summed E-state index contributed by atoms with van der Waals surface area (Å²) >= 11 is 0. The number of hydrogen-bond donors (Lipinski definition) is 1. The lowest BCUT2D eigenvalue weighted by Crippen LogP contribution is -2.47. The van der Waals surface area contributed by atoms with Crippen molar-refractivity contribution < 1.29 is 4.74 Å². The molecule has 3 heteroatoms. The first kappa shape index (κ1) is 10.1. The quantitative estimate of drug-likeness (QED) is 0.731. The molecule has 3 aliphatic rings. The first-order valence-electron chi connectivity index (χ1n) is 6.37. The van der Waals surface area contributed by atoms with Crippen LogP contribution in [0.2, 0.25) is 0 Å². The second-order valence-corrected chi connectivity index (χ2v) is 5.40. The van der Waals surface area contributed by atoms with Crippen LogP contribution in [0.25, 0.3) is 0 Å². The molecule has 0 amide bonds. The van der Waals surface area contributed by atoms with Crippen LogP contribution in [0, 0.1) is 5.92 Å². The lowest BCUT2D eigenvalue weighted by atomic mass is 9.88. The highest BCUT2D eigenvalue weighted by Gasteiger charge is 2.41. The Labute approximate surface area is 92.2 Å². The molecule has 0 aromatic heterocycles. The Morgan fingerprint density at radius 2 is 2.13 bits per heavy atom. The van der Waals surface area contributed by atoms with Gasteiger partial charge in [-0.2, -0.15) is 0 Å². The van der Waals surface area contributed by atoms with Gasteiger partial charge < -0.3 is 10.1 Å². The summed E-state index contributed by atoms with van der Waals surface area (Å²) in [7, 11) is 1.84. The molecule has 0 aromatic carbocycles. The molecule has 0 aromatic rings. The fourth-order valence-corrected chi connectivity index (χ4v) is 3.41. The molecular weight excluding hydrogens is 188 g/mol. The maximum absolute atomic E-state index is 5.35. The van der Waals surface area contributed by atoms with Gasteiger partial charge in [-0.3, -0.25) is 4.90 Å². The highest BCUT2D eigenvalue weighted by Crippen LogP contribution is 2.34. The van der Waals surface area contributed by atoms with Crippen LogP contribution in [-0.2, 0) is 4.74 Å². The molecule has 1 saturated carbocycles. The summed E-state index contributed by atoms with van der Waals surface area (Å²) in [5.74, 6) is 0.931. The first-order valence-corrected chi connectivity index (χ1v) is 6.37. The lowest BCUT2D eigenvalue weighted by Gasteiger charge is -2.40. The fraction of sp³-hybridized carbons (Fsp3) is 1.00. The van der Waals surface area contributed by atoms with E-state index < -0.39 is 0 Å². The molecule has 0 bridgehead atoms. The smallest absolute Gasteiger partial charge is 0.0601 e. The van der Waals surface area contributed by atoms with E-state index in [1.54, 1.807) is 0 Å². The Balaban J connectivity index is 1.53. The zero-order valence-corrected chi connectivity index (χ0v) is 9.61. The molecule has 2 atom stereocenters. The van der Waals surface area contributed by atoms with Gasteiger partial charge in [-0.25, -0.2) is 0 Å². The van der Waals surface area contributed by atoms with Gasteiger partial charge in [-0.1, -0.05) is 0 Å². The van der Waals surface area contributed by atoms with E-state index >= 15 is 0 Å². The summed E-state index contributed by atoms with van der Waals surface area (Å²) < 4.78 is 5.35. The Bertz CT molecular complexity index is 214. The minimum Gasteiger partial charge on any atom is -0.381 e. The van der Waals surface area contributed by atoms with E-state index in [1.807, 2.05) is 7.11 Å². The van der Waals surface area contributed by atoms with Gasteiger partial charge in [0, 0.05) is 32.3 Å². The van der Waals surface area contributed by atoms with Crippen molar-refractivity contribution >= 4 is 0 Å². The zero-order valence-electron chi connectivity index (χ0n) is 9.61. The number of likely N-dealkylation sites (tertiary alicyclic amines) is 1. The highest BCUT2D eigenvalue weighted by molar-refractivity contribution is 4.98. The van der Waals surface area contributed by atoms with Gasteiger partial charge in [-0.05, 0) is 38.1 Å². The molecule has 2 heterocycles. The lowest BCUT2D eigenvalue weighted by molar-refractivity contribution is -0.0214. The van der Waals surface area contributed by atoms with Gasteiger partial charge in [0.1, 0.15) is 0 Å². The molecule has 1 aliphatic carbocycles. The van der Waals surface area contributed by atoms with E-state index in [9.17, 15) is 0 Å². The van der Waals surface area contributed by atoms with Crippen molar-refractivity contribution in [2.24, 2.45) is 5.92 Å². The minimum absolute atomic E-state index is 0.547. The van der Waals surface area contributed by atoms with E-state index in [2.05, 4.69) is 10.2 Å². The summed E-state index contributed by atoms with van der Waals surface area (Å²) in [6, 6.07) is 1.61. The number of nitrogens with zero attached hydrogens (tertiary/aromatic N) is 1. The maximum atomic E-state index is 5.35. The minimum atomic E-state index is 0.547. The summed E-state index contributed by atoms with van der Waals surface area (Å²) in [5, 5.41) is 3.67. The van der Waals surface area contributed by atoms with Crippen molar-refractivity contribution in [3.05, 3.63) is 0 Å². The third-order valence-corrected chi connectivity index (χ3v) is 4.55. The average Bonchev–Trinajstić information content (AvgIpc) is 2.59. The number of hydrogen-bond acceptors (Lipinski definition) is 3. The number of nitrogens with one attached hydrogen (secondary N) is 1. The van der Waals surface area contributed by atoms with Crippen LogP contribution in [0.4, 0.5) is 0 Å². The van der Waals surface area contributed by atoms with E-state index in [-0.39, 0.29) is 0 Å². The number of fused-ring (bicyclic) bond motifs is 1. The number of piperidine rings is 1. The van der Waals surface area contributed by atoms with Crippen molar-refractivity contribution in [3.63, 3.8) is 0 Å². The van der Waals surface area contributed by atoms with Gasteiger partial charge in [0.15, 0.2) is 0 Å². The van der Waals surface area contributed by atoms with Crippen LogP contribution >= 0.6 is 0 Å². The molecule has 2 saturated heterocycles. The molecule has 0 spiro atoms. The van der Waals surface area contributed by atoms with Crippen LogP contribution < -0.4 is 5.32 Å². The molecule has 15 heavy (non-hydrogen) atoms. The summed E-state index contributed by atoms with van der Waals surface area (Å²) in [4.78, 5) is 2.70. The molecule has 3 fully saturated rings. The molecule has 3 rings (SSSR count). The van der Waals surface area contributed by atoms with Crippen LogP contribution in [0.5, 0.6) is 0 Å². The average molecular weight is 210 g/mol. The molecule has 0 unspecified atom stereocenters. The normalized spacial score (nSPS) is 46.2. The van der Waals surface area contributed by atoms with Crippen molar-refractivity contribution in [2.75, 3.05) is 26.7 Å². The maximum Gasteiger partial charge on any atom is 0.0601 e. The van der Waals surface area contributed by atoms with Gasteiger partial charge in [0.2, 0.25) is 0 Å². The molecule has 0 radical (unpaired) electrons. The monoisotopic (exact) mass is 210 g/mol. The van der Waals surface area contributed by atoms with Gasteiger partial charge in [0.25, 0.3) is 0 Å². The molecule has 2 aliphatic heterocycles.